The number of esters is 1. The normalized spacial score (nSPS) is 11.2. The molecule has 1 rings (SSSR count). The highest BCUT2D eigenvalue weighted by Crippen LogP contribution is 2.00. The van der Waals surface area contributed by atoms with Gasteiger partial charge in [0, 0.05) is 5.92 Å². The van der Waals surface area contributed by atoms with E-state index in [0.29, 0.717) is 6.61 Å². The topological polar surface area (TPSA) is 55.8 Å². The highest BCUT2D eigenvalue weighted by Gasteiger charge is 2.00. The molecule has 90 valence electrons. The number of rotatable bonds is 4. The second-order valence-corrected chi connectivity index (χ2v) is 3.28. The molecule has 17 heavy (non-hydrogen) atoms. The van der Waals surface area contributed by atoms with E-state index in [1.165, 1.54) is 7.11 Å². The standard InChI is InChI=1S/C13H14O4/c1-16-13(15)8-7-12(14)10-17-9-11-5-3-2-4-6-11/h2-6,12,14H,9-10H2,1H3/t12-/m0/s1. The Morgan fingerprint density at radius 2 is 2.12 bits per heavy atom. The maximum Gasteiger partial charge on any atom is 0.384 e. The molecule has 0 radical (unpaired) electrons. The number of benzene rings is 1. The van der Waals surface area contributed by atoms with Crippen LogP contribution in [0.3, 0.4) is 0 Å². The molecule has 0 fully saturated rings. The monoisotopic (exact) mass is 234 g/mol. The van der Waals surface area contributed by atoms with Crippen LogP contribution in [0, 0.1) is 11.8 Å². The van der Waals surface area contributed by atoms with Gasteiger partial charge in [0.1, 0.15) is 6.10 Å². The molecular weight excluding hydrogens is 220 g/mol. The van der Waals surface area contributed by atoms with E-state index in [2.05, 4.69) is 16.6 Å². The lowest BCUT2D eigenvalue weighted by molar-refractivity contribution is -0.133. The van der Waals surface area contributed by atoms with Gasteiger partial charge < -0.3 is 14.6 Å². The van der Waals surface area contributed by atoms with Gasteiger partial charge >= 0.3 is 5.97 Å². The smallest absolute Gasteiger partial charge is 0.384 e. The Labute approximate surface area is 100 Å². The van der Waals surface area contributed by atoms with Crippen molar-refractivity contribution in [2.75, 3.05) is 13.7 Å². The molecule has 0 saturated carbocycles. The molecule has 0 aromatic heterocycles. The van der Waals surface area contributed by atoms with Crippen molar-refractivity contribution in [3.63, 3.8) is 0 Å². The fourth-order valence-electron chi connectivity index (χ4n) is 1.10. The minimum Gasteiger partial charge on any atom is -0.459 e. The predicted octanol–water partition coefficient (Wildman–Crippen LogP) is 0.740. The Balaban J connectivity index is 2.26. The van der Waals surface area contributed by atoms with Gasteiger partial charge in [0.2, 0.25) is 0 Å². The molecule has 0 aliphatic rings. The number of ether oxygens (including phenoxy) is 2. The van der Waals surface area contributed by atoms with E-state index in [0.717, 1.165) is 5.56 Å². The van der Waals surface area contributed by atoms with Crippen LogP contribution in [0.1, 0.15) is 5.56 Å². The highest BCUT2D eigenvalue weighted by atomic mass is 16.5. The number of carbonyl (C=O) groups is 1. The van der Waals surface area contributed by atoms with Crippen LogP contribution < -0.4 is 0 Å². The van der Waals surface area contributed by atoms with Gasteiger partial charge in [0.15, 0.2) is 0 Å². The van der Waals surface area contributed by atoms with Crippen LogP contribution in [-0.2, 0) is 20.9 Å². The first kappa shape index (κ1) is 13.2. The Bertz CT molecular complexity index is 402. The molecule has 1 N–H and O–H groups in total. The number of hydrogen-bond donors (Lipinski definition) is 1. The van der Waals surface area contributed by atoms with Gasteiger partial charge in [-0.1, -0.05) is 36.3 Å². The molecule has 4 nitrogen and oxygen atoms in total. The minimum absolute atomic E-state index is 0.0545. The fraction of sp³-hybridized carbons (Fsp3) is 0.308. The summed E-state index contributed by atoms with van der Waals surface area (Å²) in [6.45, 7) is 0.455. The summed E-state index contributed by atoms with van der Waals surface area (Å²) in [7, 11) is 1.23. The van der Waals surface area contributed by atoms with E-state index < -0.39 is 12.1 Å². The zero-order valence-corrected chi connectivity index (χ0v) is 9.55. The summed E-state index contributed by atoms with van der Waals surface area (Å²) in [4.78, 5) is 10.7. The molecule has 0 bridgehead atoms. The van der Waals surface area contributed by atoms with Gasteiger partial charge in [-0.15, -0.1) is 0 Å². The molecule has 1 aromatic rings. The van der Waals surface area contributed by atoms with Gasteiger partial charge in [-0.25, -0.2) is 4.79 Å². The lowest BCUT2D eigenvalue weighted by Gasteiger charge is -2.05. The van der Waals surface area contributed by atoms with Crippen molar-refractivity contribution in [1.29, 1.82) is 0 Å². The average Bonchev–Trinajstić information content (AvgIpc) is 2.37. The first-order valence-electron chi connectivity index (χ1n) is 5.11. The second-order valence-electron chi connectivity index (χ2n) is 3.28. The van der Waals surface area contributed by atoms with Gasteiger partial charge in [-0.3, -0.25) is 0 Å². The van der Waals surface area contributed by atoms with E-state index >= 15 is 0 Å². The second kappa shape index (κ2) is 7.44. The van der Waals surface area contributed by atoms with Crippen LogP contribution in [0.4, 0.5) is 0 Å². The highest BCUT2D eigenvalue weighted by molar-refractivity contribution is 5.88. The molecule has 0 aliphatic heterocycles. The first-order chi connectivity index (χ1) is 8.22. The van der Waals surface area contributed by atoms with Gasteiger partial charge in [0.05, 0.1) is 20.3 Å². The molecule has 4 heteroatoms. The molecule has 0 aliphatic carbocycles. The maximum atomic E-state index is 10.7. The molecule has 0 spiro atoms. The largest absolute Gasteiger partial charge is 0.459 e. The lowest BCUT2D eigenvalue weighted by Crippen LogP contribution is -2.13. The molecule has 0 amide bonds. The van der Waals surface area contributed by atoms with Crippen molar-refractivity contribution in [2.24, 2.45) is 0 Å². The summed E-state index contributed by atoms with van der Waals surface area (Å²) in [6, 6.07) is 9.58. The van der Waals surface area contributed by atoms with Gasteiger partial charge in [0.25, 0.3) is 0 Å². The van der Waals surface area contributed by atoms with Crippen molar-refractivity contribution in [3.8, 4) is 11.8 Å². The first-order valence-corrected chi connectivity index (χ1v) is 5.11. The van der Waals surface area contributed by atoms with Crippen molar-refractivity contribution < 1.29 is 19.4 Å². The summed E-state index contributed by atoms with van der Waals surface area (Å²) in [5.41, 5.74) is 1.01. The summed E-state index contributed by atoms with van der Waals surface area (Å²) in [6.07, 6.45) is -0.988. The third-order valence-electron chi connectivity index (χ3n) is 1.91. The Kier molecular flexibility index (Phi) is 5.80. The van der Waals surface area contributed by atoms with Crippen molar-refractivity contribution in [3.05, 3.63) is 35.9 Å². The number of aliphatic hydroxyl groups is 1. The fourth-order valence-corrected chi connectivity index (χ4v) is 1.10. The molecule has 1 aromatic carbocycles. The minimum atomic E-state index is -0.988. The molecule has 0 unspecified atom stereocenters. The molecular formula is C13H14O4. The van der Waals surface area contributed by atoms with Crippen molar-refractivity contribution in [2.45, 2.75) is 12.7 Å². The Hall–Kier alpha value is -1.83. The number of carbonyl (C=O) groups excluding carboxylic acids is 1. The summed E-state index contributed by atoms with van der Waals surface area (Å²) >= 11 is 0. The van der Waals surface area contributed by atoms with Crippen LogP contribution in [0.15, 0.2) is 30.3 Å². The third-order valence-corrected chi connectivity index (χ3v) is 1.91. The summed E-state index contributed by atoms with van der Waals surface area (Å²) < 4.78 is 9.55. The van der Waals surface area contributed by atoms with E-state index in [1.807, 2.05) is 30.3 Å². The SMILES string of the molecule is COC(=O)C#C[C@H](O)COCc1ccccc1. The van der Waals surface area contributed by atoms with E-state index in [9.17, 15) is 9.90 Å². The average molecular weight is 234 g/mol. The molecule has 1 atom stereocenters. The van der Waals surface area contributed by atoms with Crippen LogP contribution in [0.2, 0.25) is 0 Å². The van der Waals surface area contributed by atoms with Crippen LogP contribution in [0.5, 0.6) is 0 Å². The Morgan fingerprint density at radius 1 is 1.41 bits per heavy atom. The van der Waals surface area contributed by atoms with Crippen LogP contribution in [-0.4, -0.2) is 30.9 Å². The maximum absolute atomic E-state index is 10.7. The predicted molar refractivity (Wildman–Crippen MR) is 61.9 cm³/mol. The quantitative estimate of drug-likeness (QED) is 0.474. The number of hydrogen-bond acceptors (Lipinski definition) is 4. The van der Waals surface area contributed by atoms with Gasteiger partial charge in [-0.2, -0.15) is 0 Å². The molecule has 0 heterocycles. The number of methoxy groups -OCH3 is 1. The zero-order valence-electron chi connectivity index (χ0n) is 9.55. The van der Waals surface area contributed by atoms with E-state index in [-0.39, 0.29) is 6.61 Å². The molecule has 0 saturated heterocycles. The summed E-state index contributed by atoms with van der Waals surface area (Å²) in [5.74, 6) is 3.79. The van der Waals surface area contributed by atoms with E-state index in [1.54, 1.807) is 0 Å². The van der Waals surface area contributed by atoms with Crippen LogP contribution in [0.25, 0.3) is 0 Å². The Morgan fingerprint density at radius 3 is 2.76 bits per heavy atom. The number of aliphatic hydroxyl groups excluding tert-OH is 1. The van der Waals surface area contributed by atoms with Crippen molar-refractivity contribution in [1.82, 2.24) is 0 Å². The van der Waals surface area contributed by atoms with Gasteiger partial charge in [-0.05, 0) is 5.56 Å². The third kappa shape index (κ3) is 5.71. The lowest BCUT2D eigenvalue weighted by atomic mass is 10.2. The summed E-state index contributed by atoms with van der Waals surface area (Å²) in [5, 5.41) is 9.37. The van der Waals surface area contributed by atoms with Crippen LogP contribution >= 0.6 is 0 Å². The van der Waals surface area contributed by atoms with E-state index in [4.69, 9.17) is 4.74 Å². The van der Waals surface area contributed by atoms with Crippen molar-refractivity contribution >= 4 is 5.97 Å². The zero-order chi connectivity index (χ0) is 12.5.